The second kappa shape index (κ2) is 9.95. The van der Waals surface area contributed by atoms with E-state index in [1.807, 2.05) is 20.8 Å². The van der Waals surface area contributed by atoms with Crippen molar-refractivity contribution in [1.29, 1.82) is 0 Å². The fraction of sp³-hybridized carbons (Fsp3) is 0.909. The molecule has 0 saturated heterocycles. The second-order valence-corrected chi connectivity index (χ2v) is 14.7. The van der Waals surface area contributed by atoms with Crippen molar-refractivity contribution in [1.82, 2.24) is 0 Å². The molecule has 4 rings (SSSR count). The van der Waals surface area contributed by atoms with Gasteiger partial charge in [-0.15, -0.1) is 0 Å². The van der Waals surface area contributed by atoms with Crippen LogP contribution >= 0.6 is 0 Å². The molecule has 4 heteroatoms. The molecule has 1 unspecified atom stereocenters. The molecule has 37 heavy (non-hydrogen) atoms. The lowest BCUT2D eigenvalue weighted by atomic mass is 9.43. The molecule has 9 atom stereocenters. The number of ether oxygens (including phenoxy) is 2. The summed E-state index contributed by atoms with van der Waals surface area (Å²) in [6.45, 7) is 21.0. The summed E-state index contributed by atoms with van der Waals surface area (Å²) in [5.74, 6) is 2.54. The summed E-state index contributed by atoms with van der Waals surface area (Å²) < 4.78 is 10.9. The molecule has 4 aliphatic carbocycles. The number of methoxy groups -OCH3 is 1. The van der Waals surface area contributed by atoms with E-state index in [0.717, 1.165) is 25.2 Å². The van der Waals surface area contributed by atoms with E-state index in [1.165, 1.54) is 57.6 Å². The molecule has 4 saturated carbocycles. The van der Waals surface area contributed by atoms with Gasteiger partial charge in [0.25, 0.3) is 0 Å². The summed E-state index contributed by atoms with van der Waals surface area (Å²) in [7, 11) is 1.52. The summed E-state index contributed by atoms with van der Waals surface area (Å²) in [5.41, 5.74) is 2.16. The van der Waals surface area contributed by atoms with E-state index in [9.17, 15) is 9.90 Å². The van der Waals surface area contributed by atoms with Gasteiger partial charge >= 0.3 is 5.97 Å². The molecule has 0 bridgehead atoms. The maximum absolute atomic E-state index is 12.2. The van der Waals surface area contributed by atoms with Crippen LogP contribution in [0, 0.1) is 45.3 Å². The highest BCUT2D eigenvalue weighted by molar-refractivity contribution is 5.69. The number of aliphatic hydroxyl groups is 1. The zero-order valence-electron chi connectivity index (χ0n) is 25.3. The van der Waals surface area contributed by atoms with Crippen LogP contribution in [0.1, 0.15) is 119 Å². The molecule has 4 aliphatic rings. The Hall–Kier alpha value is -0.870. The number of rotatable bonds is 11. The first-order chi connectivity index (χ1) is 17.2. The van der Waals surface area contributed by atoms with E-state index in [4.69, 9.17) is 9.47 Å². The zero-order valence-corrected chi connectivity index (χ0v) is 25.3. The highest BCUT2D eigenvalue weighted by Crippen LogP contribution is 2.87. The van der Waals surface area contributed by atoms with Gasteiger partial charge in [-0.05, 0) is 137 Å². The van der Waals surface area contributed by atoms with Gasteiger partial charge in [0, 0.05) is 13.0 Å². The van der Waals surface area contributed by atoms with Crippen LogP contribution < -0.4 is 0 Å². The van der Waals surface area contributed by atoms with Crippen LogP contribution in [-0.2, 0) is 14.3 Å². The van der Waals surface area contributed by atoms with Gasteiger partial charge in [0.15, 0.2) is 0 Å². The third-order valence-corrected chi connectivity index (χ3v) is 13.0. The van der Waals surface area contributed by atoms with Crippen LogP contribution in [0.2, 0.25) is 0 Å². The minimum atomic E-state index is -0.485. The molecule has 0 amide bonds. The SMILES string of the molecule is C=C(C)[C@@H]1CC[C@@H]2[C@]3(CC[C@]4(C)[C@@H]([C@H](C)CCC(O)C(C)(C)OCC)CC[C@@]24C)C[C@]13CCC(=O)OC. The van der Waals surface area contributed by atoms with Crippen molar-refractivity contribution in [2.75, 3.05) is 13.7 Å². The Balaban J connectivity index is 1.52. The number of carbonyl (C=O) groups is 1. The number of esters is 1. The molecule has 4 fully saturated rings. The maximum atomic E-state index is 12.2. The Kier molecular flexibility index (Phi) is 7.83. The third-order valence-electron chi connectivity index (χ3n) is 13.0. The molecular formula is C33H56O4. The second-order valence-electron chi connectivity index (χ2n) is 14.7. The van der Waals surface area contributed by atoms with Gasteiger partial charge in [0.2, 0.25) is 0 Å². The number of allylic oxidation sites excluding steroid dienone is 1. The molecular weight excluding hydrogens is 460 g/mol. The molecule has 1 spiro atoms. The quantitative estimate of drug-likeness (QED) is 0.225. The number of fused-ring (bicyclic) bond motifs is 2. The molecule has 0 radical (unpaired) electrons. The molecule has 0 aromatic heterocycles. The van der Waals surface area contributed by atoms with Crippen molar-refractivity contribution >= 4 is 5.97 Å². The van der Waals surface area contributed by atoms with Crippen LogP contribution in [0.15, 0.2) is 12.2 Å². The lowest BCUT2D eigenvalue weighted by Gasteiger charge is -2.61. The smallest absolute Gasteiger partial charge is 0.305 e. The lowest BCUT2D eigenvalue weighted by Crippen LogP contribution is -2.54. The Morgan fingerprint density at radius 2 is 1.81 bits per heavy atom. The fourth-order valence-electron chi connectivity index (χ4n) is 10.8. The van der Waals surface area contributed by atoms with Crippen molar-refractivity contribution in [3.05, 3.63) is 12.2 Å². The monoisotopic (exact) mass is 516 g/mol. The Morgan fingerprint density at radius 3 is 2.43 bits per heavy atom. The molecule has 0 aliphatic heterocycles. The third kappa shape index (κ3) is 4.35. The van der Waals surface area contributed by atoms with Gasteiger partial charge < -0.3 is 14.6 Å². The summed E-state index contributed by atoms with van der Waals surface area (Å²) in [6.07, 6.45) is 12.0. The first-order valence-corrected chi connectivity index (χ1v) is 15.3. The largest absolute Gasteiger partial charge is 0.469 e. The van der Waals surface area contributed by atoms with Crippen molar-refractivity contribution in [2.45, 2.75) is 131 Å². The highest BCUT2D eigenvalue weighted by Gasteiger charge is 2.80. The van der Waals surface area contributed by atoms with Gasteiger partial charge in [-0.2, -0.15) is 0 Å². The fourth-order valence-corrected chi connectivity index (χ4v) is 10.8. The van der Waals surface area contributed by atoms with Gasteiger partial charge in [0.05, 0.1) is 18.8 Å². The van der Waals surface area contributed by atoms with E-state index < -0.39 is 11.7 Å². The average molecular weight is 517 g/mol. The first-order valence-electron chi connectivity index (χ1n) is 15.3. The Bertz CT molecular complexity index is 880. The summed E-state index contributed by atoms with van der Waals surface area (Å²) >= 11 is 0. The van der Waals surface area contributed by atoms with Gasteiger partial charge in [-0.25, -0.2) is 0 Å². The van der Waals surface area contributed by atoms with Gasteiger partial charge in [-0.1, -0.05) is 32.9 Å². The van der Waals surface area contributed by atoms with E-state index in [0.29, 0.717) is 47.0 Å². The van der Waals surface area contributed by atoms with Crippen LogP contribution in [0.3, 0.4) is 0 Å². The summed E-state index contributed by atoms with van der Waals surface area (Å²) in [6, 6.07) is 0. The van der Waals surface area contributed by atoms with Crippen LogP contribution in [0.25, 0.3) is 0 Å². The summed E-state index contributed by atoms with van der Waals surface area (Å²) in [4.78, 5) is 12.2. The Labute approximate surface area is 227 Å². The predicted octanol–water partition coefficient (Wildman–Crippen LogP) is 7.73. The first kappa shape index (κ1) is 29.1. The topological polar surface area (TPSA) is 55.8 Å². The van der Waals surface area contributed by atoms with Crippen LogP contribution in [-0.4, -0.2) is 36.5 Å². The maximum Gasteiger partial charge on any atom is 0.305 e. The summed E-state index contributed by atoms with van der Waals surface area (Å²) in [5, 5.41) is 10.9. The number of carbonyl (C=O) groups excluding carboxylic acids is 1. The van der Waals surface area contributed by atoms with Gasteiger partial charge in [0.1, 0.15) is 0 Å². The normalized spacial score (nSPS) is 42.2. The van der Waals surface area contributed by atoms with Crippen LogP contribution in [0.5, 0.6) is 0 Å². The predicted molar refractivity (Wildman–Crippen MR) is 150 cm³/mol. The molecule has 0 aromatic carbocycles. The minimum absolute atomic E-state index is 0.0599. The zero-order chi connectivity index (χ0) is 27.4. The van der Waals surface area contributed by atoms with Crippen molar-refractivity contribution in [3.63, 3.8) is 0 Å². The average Bonchev–Trinajstić information content (AvgIpc) is 3.43. The van der Waals surface area contributed by atoms with Crippen molar-refractivity contribution in [2.24, 2.45) is 45.3 Å². The van der Waals surface area contributed by atoms with E-state index in [-0.39, 0.29) is 11.4 Å². The molecule has 0 aromatic rings. The lowest BCUT2D eigenvalue weighted by molar-refractivity contribution is -0.143. The molecule has 1 N–H and O–H groups in total. The van der Waals surface area contributed by atoms with E-state index in [1.54, 1.807) is 0 Å². The van der Waals surface area contributed by atoms with Crippen molar-refractivity contribution in [3.8, 4) is 0 Å². The minimum Gasteiger partial charge on any atom is -0.469 e. The van der Waals surface area contributed by atoms with Crippen molar-refractivity contribution < 1.29 is 19.4 Å². The van der Waals surface area contributed by atoms with Gasteiger partial charge in [-0.3, -0.25) is 4.79 Å². The Morgan fingerprint density at radius 1 is 1.11 bits per heavy atom. The molecule has 0 heterocycles. The standard InChI is InChI=1S/C33H56O4/c1-10-37-29(5,6)27(34)14-11-23(4)25-15-17-31(8)26-13-12-24(22(2)3)32(18-16-28(35)36-9)21-33(26,32)20-19-30(25,31)7/h23-27,34H,2,10-21H2,1,3-9H3/t23-,24+,25-,26+,27?,30-,31+,32-,33+/m1/s1. The number of hydrogen-bond donors (Lipinski definition) is 1. The van der Waals surface area contributed by atoms with Crippen LogP contribution in [0.4, 0.5) is 0 Å². The van der Waals surface area contributed by atoms with E-state index >= 15 is 0 Å². The molecule has 4 nitrogen and oxygen atoms in total. The molecule has 212 valence electrons. The number of aliphatic hydroxyl groups excluding tert-OH is 1. The van der Waals surface area contributed by atoms with E-state index in [2.05, 4.69) is 34.3 Å². The number of hydrogen-bond acceptors (Lipinski definition) is 4. The highest BCUT2D eigenvalue weighted by atomic mass is 16.5.